The lowest BCUT2D eigenvalue weighted by molar-refractivity contribution is 0.186. The summed E-state index contributed by atoms with van der Waals surface area (Å²) < 4.78 is 4.52. The first-order valence-electron chi connectivity index (χ1n) is 2.48. The molecular formula is C7H10O. The first-order chi connectivity index (χ1) is 3.91. The van der Waals surface area contributed by atoms with Gasteiger partial charge in [0.15, 0.2) is 0 Å². The van der Waals surface area contributed by atoms with Crippen molar-refractivity contribution >= 4 is 6.29 Å². The highest BCUT2D eigenvalue weighted by molar-refractivity contribution is 5.66. The summed E-state index contributed by atoms with van der Waals surface area (Å²) in [6.07, 6.45) is 9.96. The molecule has 0 heterocycles. The third-order valence-electron chi connectivity index (χ3n) is 0.586. The molecule has 0 spiro atoms. The summed E-state index contributed by atoms with van der Waals surface area (Å²) in [5.41, 5.74) is 0. The molecule has 0 saturated carbocycles. The van der Waals surface area contributed by atoms with Crippen LogP contribution in [0.1, 0.15) is 6.92 Å². The fourth-order valence-corrected chi connectivity index (χ4v) is 0.274. The molecular weight excluding hydrogens is 100 g/mol. The molecule has 0 aliphatic carbocycles. The van der Waals surface area contributed by atoms with E-state index in [0.29, 0.717) is 0 Å². The summed E-state index contributed by atoms with van der Waals surface area (Å²) in [4.78, 5) is 0. The van der Waals surface area contributed by atoms with Crippen LogP contribution in [0.15, 0.2) is 24.3 Å². The zero-order valence-corrected chi connectivity index (χ0v) is 5.22. The van der Waals surface area contributed by atoms with Crippen LogP contribution in [0.3, 0.4) is 0 Å². The zero-order valence-electron chi connectivity index (χ0n) is 5.22. The zero-order chi connectivity index (χ0) is 6.24. The van der Waals surface area contributed by atoms with Crippen molar-refractivity contribution in [3.8, 4) is 0 Å². The summed E-state index contributed by atoms with van der Waals surface area (Å²) >= 11 is 0. The Morgan fingerprint density at radius 1 is 1.38 bits per heavy atom. The average molecular weight is 110 g/mol. The molecule has 0 aromatic heterocycles. The number of hydrogen-bond donors (Lipinski definition) is 0. The smallest absolute Gasteiger partial charge is 0.229 e. The van der Waals surface area contributed by atoms with Gasteiger partial charge in [-0.2, -0.15) is 0 Å². The van der Waals surface area contributed by atoms with Gasteiger partial charge in [0, 0.05) is 0 Å². The highest BCUT2D eigenvalue weighted by Crippen LogP contribution is 1.71. The first-order valence-corrected chi connectivity index (χ1v) is 2.48. The summed E-state index contributed by atoms with van der Waals surface area (Å²) in [5, 5.41) is 0. The molecule has 0 N–H and O–H groups in total. The van der Waals surface area contributed by atoms with E-state index in [1.54, 1.807) is 13.2 Å². The third kappa shape index (κ3) is 5.15. The quantitative estimate of drug-likeness (QED) is 0.220. The number of allylic oxidation sites excluding steroid dienone is 4. The monoisotopic (exact) mass is 110 g/mol. The second kappa shape index (κ2) is 6.15. The van der Waals surface area contributed by atoms with Crippen molar-refractivity contribution < 1.29 is 4.42 Å². The van der Waals surface area contributed by atoms with Gasteiger partial charge in [-0.1, -0.05) is 0 Å². The maximum atomic E-state index is 4.52. The minimum atomic E-state index is 1.57. The molecule has 1 heteroatoms. The van der Waals surface area contributed by atoms with Crippen molar-refractivity contribution in [2.75, 3.05) is 7.11 Å². The Kier molecular flexibility index (Phi) is 5.50. The molecule has 0 aliphatic heterocycles. The SMILES string of the molecule is C/C=C/C=C/[C-]=[O+]C. The minimum absolute atomic E-state index is 1.57. The molecule has 0 bridgehead atoms. The first kappa shape index (κ1) is 7.15. The largest absolute Gasteiger partial charge is 0.355 e. The van der Waals surface area contributed by atoms with Gasteiger partial charge in [-0.05, 0) is 6.92 Å². The van der Waals surface area contributed by atoms with Crippen LogP contribution < -0.4 is 0 Å². The second-order valence-electron chi connectivity index (χ2n) is 1.21. The van der Waals surface area contributed by atoms with Gasteiger partial charge in [-0.15, -0.1) is 18.2 Å². The fourth-order valence-electron chi connectivity index (χ4n) is 0.274. The highest BCUT2D eigenvalue weighted by atomic mass is 16.4. The van der Waals surface area contributed by atoms with Crippen molar-refractivity contribution in [1.29, 1.82) is 0 Å². The van der Waals surface area contributed by atoms with Crippen molar-refractivity contribution in [3.63, 3.8) is 0 Å². The van der Waals surface area contributed by atoms with Gasteiger partial charge in [0.2, 0.25) is 13.4 Å². The lowest BCUT2D eigenvalue weighted by Crippen LogP contribution is -1.64. The van der Waals surface area contributed by atoms with Gasteiger partial charge >= 0.3 is 0 Å². The van der Waals surface area contributed by atoms with Crippen LogP contribution >= 0.6 is 0 Å². The summed E-state index contributed by atoms with van der Waals surface area (Å²) in [6, 6.07) is 0. The van der Waals surface area contributed by atoms with E-state index in [1.807, 2.05) is 25.2 Å². The molecule has 0 atom stereocenters. The predicted octanol–water partition coefficient (Wildman–Crippen LogP) is 1.39. The molecule has 0 fully saturated rings. The van der Waals surface area contributed by atoms with E-state index < -0.39 is 0 Å². The van der Waals surface area contributed by atoms with Gasteiger partial charge in [-0.25, -0.2) is 6.08 Å². The molecule has 8 heavy (non-hydrogen) atoms. The molecule has 0 aromatic carbocycles. The van der Waals surface area contributed by atoms with Crippen molar-refractivity contribution in [2.24, 2.45) is 0 Å². The van der Waals surface area contributed by atoms with Crippen LogP contribution in [0.5, 0.6) is 0 Å². The molecule has 0 aromatic rings. The molecule has 0 saturated heterocycles. The Hall–Kier alpha value is -0.850. The highest BCUT2D eigenvalue weighted by Gasteiger charge is 1.55. The third-order valence-corrected chi connectivity index (χ3v) is 0.586. The normalized spacial score (nSPS) is 12.8. The summed E-state index contributed by atoms with van der Waals surface area (Å²) in [6.45, 7) is 1.96. The Morgan fingerprint density at radius 3 is 2.62 bits per heavy atom. The second-order valence-corrected chi connectivity index (χ2v) is 1.21. The van der Waals surface area contributed by atoms with E-state index in [9.17, 15) is 0 Å². The Morgan fingerprint density at radius 2 is 2.12 bits per heavy atom. The molecule has 0 radical (unpaired) electrons. The van der Waals surface area contributed by atoms with E-state index in [1.165, 1.54) is 0 Å². The summed E-state index contributed by atoms with van der Waals surface area (Å²) in [5.74, 6) is 0. The molecule has 1 nitrogen and oxygen atoms in total. The van der Waals surface area contributed by atoms with E-state index in [-0.39, 0.29) is 0 Å². The van der Waals surface area contributed by atoms with E-state index in [4.69, 9.17) is 0 Å². The maximum absolute atomic E-state index is 4.52. The minimum Gasteiger partial charge on any atom is -0.355 e. The van der Waals surface area contributed by atoms with Gasteiger partial charge in [0.25, 0.3) is 0 Å². The van der Waals surface area contributed by atoms with Crippen molar-refractivity contribution in [3.05, 3.63) is 24.3 Å². The van der Waals surface area contributed by atoms with Gasteiger partial charge in [0.05, 0.1) is 0 Å². The van der Waals surface area contributed by atoms with Crippen molar-refractivity contribution in [1.82, 2.24) is 0 Å². The van der Waals surface area contributed by atoms with Crippen LogP contribution in [-0.2, 0) is 4.42 Å². The molecule has 44 valence electrons. The number of carbonyl (C=O) groups excluding carboxylic acids is 1. The number of rotatable bonds is 2. The fraction of sp³-hybridized carbons (Fsp3) is 0.286. The predicted molar refractivity (Wildman–Crippen MR) is 35.6 cm³/mol. The lowest BCUT2D eigenvalue weighted by Gasteiger charge is -1.72. The van der Waals surface area contributed by atoms with Gasteiger partial charge in [0.1, 0.15) is 0 Å². The van der Waals surface area contributed by atoms with E-state index in [0.717, 1.165) is 0 Å². The Labute approximate surface area is 50.0 Å². The maximum Gasteiger partial charge on any atom is 0.229 e. The summed E-state index contributed by atoms with van der Waals surface area (Å²) in [7, 11) is 1.57. The lowest BCUT2D eigenvalue weighted by atomic mass is 10.5. The van der Waals surface area contributed by atoms with Crippen LogP contribution in [0, 0.1) is 0 Å². The molecule has 0 unspecified atom stereocenters. The Balaban J connectivity index is 3.35. The van der Waals surface area contributed by atoms with Gasteiger partial charge < -0.3 is 4.42 Å². The number of hydrogen-bond acceptors (Lipinski definition) is 0. The van der Waals surface area contributed by atoms with Crippen LogP contribution in [0.4, 0.5) is 0 Å². The van der Waals surface area contributed by atoms with Gasteiger partial charge in [-0.3, -0.25) is 0 Å². The van der Waals surface area contributed by atoms with Crippen molar-refractivity contribution in [2.45, 2.75) is 6.92 Å². The molecule has 0 aliphatic rings. The topological polar surface area (TPSA) is 11.3 Å². The molecule has 0 rings (SSSR count). The van der Waals surface area contributed by atoms with E-state index in [2.05, 4.69) is 10.7 Å². The van der Waals surface area contributed by atoms with Crippen LogP contribution in [0.2, 0.25) is 0 Å². The molecule has 0 amide bonds. The van der Waals surface area contributed by atoms with Crippen LogP contribution in [-0.4, -0.2) is 13.4 Å². The van der Waals surface area contributed by atoms with Crippen LogP contribution in [0.25, 0.3) is 0 Å². The average Bonchev–Trinajstić information content (AvgIpc) is 1.81. The standard InChI is InChI=1S/C7H10O/c1-3-4-5-6-7-8-2/h3-6H,1-2H3/b4-3+,6-5+. The van der Waals surface area contributed by atoms with E-state index >= 15 is 0 Å². The Bertz CT molecular complexity index is 95.6.